The van der Waals surface area contributed by atoms with E-state index in [4.69, 9.17) is 0 Å². The molecule has 0 heterocycles. The molecule has 0 aliphatic rings. The number of hydrogen-bond donors (Lipinski definition) is 0. The molecule has 0 aromatic heterocycles. The van der Waals surface area contributed by atoms with Crippen molar-refractivity contribution in [1.82, 2.24) is 0 Å². The van der Waals surface area contributed by atoms with E-state index >= 15 is 0 Å². The van der Waals surface area contributed by atoms with Crippen LogP contribution in [0, 0.1) is 0 Å². The average molecular weight is 668 g/mol. The summed E-state index contributed by atoms with van der Waals surface area (Å²) in [4.78, 5) is 2.17. The van der Waals surface area contributed by atoms with Crippen LogP contribution >= 0.6 is 0 Å². The Hall–Kier alpha value is -4.10. The molecule has 0 unspecified atom stereocenters. The number of anilines is 2. The van der Waals surface area contributed by atoms with E-state index in [2.05, 4.69) is 151 Å². The number of para-hydroxylation sites is 2. The van der Waals surface area contributed by atoms with Crippen LogP contribution in [0.4, 0.5) is 11.4 Å². The van der Waals surface area contributed by atoms with E-state index in [1.165, 1.54) is 28.1 Å². The molecule has 0 saturated carbocycles. The summed E-state index contributed by atoms with van der Waals surface area (Å²) in [5.74, 6) is 0.309. The monoisotopic (exact) mass is 668 g/mol. The predicted molar refractivity (Wildman–Crippen MR) is 232 cm³/mol. The summed E-state index contributed by atoms with van der Waals surface area (Å²) < 4.78 is 0. The van der Waals surface area contributed by atoms with Gasteiger partial charge in [0.2, 0.25) is 0 Å². The summed E-state index contributed by atoms with van der Waals surface area (Å²) in [5.41, 5.74) is 6.41. The van der Waals surface area contributed by atoms with Crippen molar-refractivity contribution < 1.29 is 0 Å². The van der Waals surface area contributed by atoms with E-state index in [-0.39, 0.29) is 0 Å². The van der Waals surface area contributed by atoms with Crippen LogP contribution in [-0.2, 0) is 0 Å². The normalized spacial score (nSPS) is 7.88. The Labute approximate surface area is 307 Å². The first-order valence-corrected chi connectivity index (χ1v) is 19.3. The lowest BCUT2D eigenvalue weighted by molar-refractivity contribution is 0.977. The van der Waals surface area contributed by atoms with Crippen LogP contribution in [0.1, 0.15) is 133 Å². The van der Waals surface area contributed by atoms with Crippen LogP contribution in [0.25, 0.3) is 0 Å². The lowest BCUT2D eigenvalue weighted by Gasteiger charge is -2.18. The van der Waals surface area contributed by atoms with Crippen molar-refractivity contribution >= 4 is 11.4 Å². The highest BCUT2D eigenvalue weighted by Gasteiger charge is 2.15. The molecule has 5 rings (SSSR count). The molecule has 0 N–H and O–H groups in total. The highest BCUT2D eigenvalue weighted by molar-refractivity contribution is 5.61. The molecule has 0 amide bonds. The third-order valence-electron chi connectivity index (χ3n) is 5.69. The summed E-state index contributed by atoms with van der Waals surface area (Å²) >= 11 is 0. The average Bonchev–Trinajstić information content (AvgIpc) is 3.26. The van der Waals surface area contributed by atoms with Gasteiger partial charge in [0.15, 0.2) is 0 Å². The Morgan fingerprint density at radius 3 is 0.612 bits per heavy atom. The standard InChI is InChI=1S/C19H16.C13H13N.8C2H6/c1-4-10-16(11-5-1)19(17-12-6-2-7-13-17)18-14-8-3-9-15-18;1-14(12-8-4-2-5-9-12)13-10-6-3-7-11-13;8*1-2/h1-15,19H;2-11H,1H3;8*1-2H3. The number of benzene rings is 5. The second kappa shape index (κ2) is 46.0. The van der Waals surface area contributed by atoms with Gasteiger partial charge in [-0.2, -0.15) is 0 Å². The SMILES string of the molecule is CC.CC.CC.CC.CC.CC.CC.CC.CN(c1ccccc1)c1ccccc1.c1ccc(C(c2ccccc2)c2ccccc2)cc1. The van der Waals surface area contributed by atoms with Gasteiger partial charge in [0.05, 0.1) is 0 Å². The largest absolute Gasteiger partial charge is 0.345 e. The van der Waals surface area contributed by atoms with E-state index in [9.17, 15) is 0 Å². The minimum atomic E-state index is 0.309. The van der Waals surface area contributed by atoms with Crippen LogP contribution in [-0.4, -0.2) is 7.05 Å². The summed E-state index contributed by atoms with van der Waals surface area (Å²) in [6.07, 6.45) is 0. The number of rotatable bonds is 5. The van der Waals surface area contributed by atoms with Crippen molar-refractivity contribution in [2.75, 3.05) is 11.9 Å². The summed E-state index contributed by atoms with van der Waals surface area (Å²) in [6.45, 7) is 32.0. The van der Waals surface area contributed by atoms with Gasteiger partial charge in [0.25, 0.3) is 0 Å². The maximum Gasteiger partial charge on any atom is 0.0408 e. The molecule has 49 heavy (non-hydrogen) atoms. The fraction of sp³-hybridized carbons (Fsp3) is 0.375. The maximum atomic E-state index is 2.20. The molecule has 0 radical (unpaired) electrons. The molecule has 1 heteroatoms. The minimum Gasteiger partial charge on any atom is -0.345 e. The van der Waals surface area contributed by atoms with Gasteiger partial charge >= 0.3 is 0 Å². The molecule has 0 bridgehead atoms. The van der Waals surface area contributed by atoms with Crippen LogP contribution in [0.3, 0.4) is 0 Å². The molecule has 5 aromatic rings. The Bertz CT molecular complexity index is 1060. The van der Waals surface area contributed by atoms with Gasteiger partial charge in [-0.3, -0.25) is 0 Å². The first-order valence-electron chi connectivity index (χ1n) is 19.3. The highest BCUT2D eigenvalue weighted by atomic mass is 15.1. The second-order valence-electron chi connectivity index (χ2n) is 7.90. The first kappa shape index (κ1) is 54.4. The van der Waals surface area contributed by atoms with Gasteiger partial charge in [-0.05, 0) is 41.0 Å². The molecular formula is C48H77N. The van der Waals surface area contributed by atoms with Gasteiger partial charge in [0.1, 0.15) is 0 Å². The molecule has 0 spiro atoms. The lowest BCUT2D eigenvalue weighted by Crippen LogP contribution is -2.08. The molecule has 0 fully saturated rings. The van der Waals surface area contributed by atoms with Gasteiger partial charge in [-0.25, -0.2) is 0 Å². The van der Waals surface area contributed by atoms with E-state index in [1.807, 2.05) is 123 Å². The van der Waals surface area contributed by atoms with Crippen LogP contribution in [0.2, 0.25) is 0 Å². The van der Waals surface area contributed by atoms with Gasteiger partial charge in [-0.1, -0.05) is 238 Å². The van der Waals surface area contributed by atoms with Crippen molar-refractivity contribution in [1.29, 1.82) is 0 Å². The topological polar surface area (TPSA) is 3.24 Å². The Kier molecular flexibility index (Phi) is 51.0. The van der Waals surface area contributed by atoms with Crippen LogP contribution < -0.4 is 4.90 Å². The molecule has 0 saturated heterocycles. The zero-order valence-electron chi connectivity index (χ0n) is 35.0. The zero-order chi connectivity index (χ0) is 38.7. The second-order valence-corrected chi connectivity index (χ2v) is 7.90. The molecule has 274 valence electrons. The van der Waals surface area contributed by atoms with Gasteiger partial charge < -0.3 is 4.90 Å². The van der Waals surface area contributed by atoms with E-state index in [0.29, 0.717) is 5.92 Å². The summed E-state index contributed by atoms with van der Waals surface area (Å²) in [5, 5.41) is 0. The van der Waals surface area contributed by atoms with Crippen molar-refractivity contribution in [3.05, 3.63) is 168 Å². The third kappa shape index (κ3) is 24.7. The van der Waals surface area contributed by atoms with Crippen molar-refractivity contribution in [2.45, 2.75) is 117 Å². The predicted octanol–water partition coefficient (Wildman–Crippen LogP) is 16.5. The maximum absolute atomic E-state index is 2.20. The molecule has 0 aliphatic heterocycles. The van der Waals surface area contributed by atoms with Crippen molar-refractivity contribution in [2.24, 2.45) is 0 Å². The van der Waals surface area contributed by atoms with Gasteiger partial charge in [0, 0.05) is 24.3 Å². The first-order chi connectivity index (χ1) is 24.3. The minimum absolute atomic E-state index is 0.309. The summed E-state index contributed by atoms with van der Waals surface area (Å²) in [6, 6.07) is 52.7. The zero-order valence-corrected chi connectivity index (χ0v) is 35.0. The Morgan fingerprint density at radius 1 is 0.265 bits per heavy atom. The molecule has 0 atom stereocenters. The van der Waals surface area contributed by atoms with Crippen molar-refractivity contribution in [3.63, 3.8) is 0 Å². The molecule has 1 nitrogen and oxygen atoms in total. The number of nitrogens with zero attached hydrogens (tertiary/aromatic N) is 1. The summed E-state index contributed by atoms with van der Waals surface area (Å²) in [7, 11) is 2.07. The Balaban J connectivity index is -0.000000190. The smallest absolute Gasteiger partial charge is 0.0408 e. The van der Waals surface area contributed by atoms with E-state index < -0.39 is 0 Å². The quantitative estimate of drug-likeness (QED) is 0.169. The van der Waals surface area contributed by atoms with E-state index in [0.717, 1.165) is 0 Å². The van der Waals surface area contributed by atoms with E-state index in [1.54, 1.807) is 0 Å². The fourth-order valence-corrected chi connectivity index (χ4v) is 3.97. The molecule has 5 aromatic carbocycles. The fourth-order valence-electron chi connectivity index (χ4n) is 3.97. The van der Waals surface area contributed by atoms with Crippen LogP contribution in [0.5, 0.6) is 0 Å². The number of hydrogen-bond acceptors (Lipinski definition) is 1. The molecular weight excluding hydrogens is 591 g/mol. The van der Waals surface area contributed by atoms with Crippen LogP contribution in [0.15, 0.2) is 152 Å². The Morgan fingerprint density at radius 2 is 0.429 bits per heavy atom. The van der Waals surface area contributed by atoms with Gasteiger partial charge in [-0.15, -0.1) is 0 Å². The highest BCUT2D eigenvalue weighted by Crippen LogP contribution is 2.31. The lowest BCUT2D eigenvalue weighted by atomic mass is 9.85. The molecule has 0 aliphatic carbocycles. The third-order valence-corrected chi connectivity index (χ3v) is 5.69. The van der Waals surface area contributed by atoms with Crippen molar-refractivity contribution in [3.8, 4) is 0 Å².